The maximum absolute atomic E-state index is 14.8. The van der Waals surface area contributed by atoms with Crippen LogP contribution < -0.4 is 11.1 Å². The zero-order chi connectivity index (χ0) is 39.0. The van der Waals surface area contributed by atoms with E-state index in [0.29, 0.717) is 17.2 Å². The number of anilines is 1. The van der Waals surface area contributed by atoms with E-state index in [1.165, 1.54) is 34.3 Å². The summed E-state index contributed by atoms with van der Waals surface area (Å²) in [6.45, 7) is 6.14. The molecule has 0 aliphatic heterocycles. The highest BCUT2D eigenvalue weighted by Gasteiger charge is 2.27. The first-order valence-corrected chi connectivity index (χ1v) is 19.3. The Labute approximate surface area is 314 Å². The van der Waals surface area contributed by atoms with Crippen molar-refractivity contribution in [2.45, 2.75) is 76.3 Å². The topological polar surface area (TPSA) is 206 Å². The van der Waals surface area contributed by atoms with Gasteiger partial charge in [-0.3, -0.25) is 18.8 Å². The Hall–Kier alpha value is -4.95. The van der Waals surface area contributed by atoms with Crippen molar-refractivity contribution in [3.63, 3.8) is 0 Å². The number of amides is 1. The Kier molecular flexibility index (Phi) is 13.4. The van der Waals surface area contributed by atoms with Crippen LogP contribution in [0.4, 0.5) is 14.5 Å². The average molecular weight is 787 g/mol. The van der Waals surface area contributed by atoms with Crippen molar-refractivity contribution in [3.05, 3.63) is 83.9 Å². The highest BCUT2D eigenvalue weighted by molar-refractivity contribution is 7.85. The molecule has 288 valence electrons. The van der Waals surface area contributed by atoms with Crippen LogP contribution in [-0.2, 0) is 31.1 Å². The van der Waals surface area contributed by atoms with Crippen LogP contribution in [0.2, 0.25) is 0 Å². The summed E-state index contributed by atoms with van der Waals surface area (Å²) in [4.78, 5) is 33.4. The first-order chi connectivity index (χ1) is 25.7. The Bertz CT molecular complexity index is 2150. The molecule has 0 spiro atoms. The number of rotatable bonds is 12. The Morgan fingerprint density at radius 2 is 1.78 bits per heavy atom. The van der Waals surface area contributed by atoms with Crippen molar-refractivity contribution < 1.29 is 40.8 Å². The molecule has 4 aromatic heterocycles. The van der Waals surface area contributed by atoms with Crippen molar-refractivity contribution in [2.75, 3.05) is 11.9 Å². The van der Waals surface area contributed by atoms with Crippen molar-refractivity contribution in [1.29, 1.82) is 0 Å². The quantitative estimate of drug-likeness (QED) is 0.0787. The van der Waals surface area contributed by atoms with E-state index in [9.17, 15) is 26.8 Å². The summed E-state index contributed by atoms with van der Waals surface area (Å²) in [5.74, 6) is -2.79. The smallest absolute Gasteiger partial charge is 0.324 e. The standard InChI is InChI=1S/C29H34F2N8O4S.C6H6O3S/c1-4-42-19-7-5-18(6-8-19)39-13-21(26(37-39)25-20(30)9-10-23(31)36-25)34-27(40)22-14-44-28(35-22)17-11-33-38(12-17)15-43-29(41)24(32)16(2)3;7-10(8,9)6-4-2-1-3-5-6/h9-14,16,18-19,24H,4-8,15,32H2,1-3H3,(H,34,40);1-5H,(H,7,8,9)/t18?,19?,24-;/m0./s1. The average Bonchev–Trinajstić information content (AvgIpc) is 3.93. The van der Waals surface area contributed by atoms with Gasteiger partial charge in [0, 0.05) is 29.9 Å². The maximum Gasteiger partial charge on any atom is 0.324 e. The summed E-state index contributed by atoms with van der Waals surface area (Å²) in [5, 5.41) is 13.6. The monoisotopic (exact) mass is 786 g/mol. The number of hydrogen-bond acceptors (Lipinski definition) is 12. The number of halogens is 2. The largest absolute Gasteiger partial charge is 0.441 e. The van der Waals surface area contributed by atoms with Crippen LogP contribution in [0, 0.1) is 17.7 Å². The lowest BCUT2D eigenvalue weighted by Gasteiger charge is -2.28. The number of nitrogens with two attached hydrogens (primary N) is 1. The molecule has 1 atom stereocenters. The second kappa shape index (κ2) is 17.9. The van der Waals surface area contributed by atoms with Gasteiger partial charge in [-0.25, -0.2) is 19.0 Å². The third-order valence-electron chi connectivity index (χ3n) is 8.42. The first-order valence-electron chi connectivity index (χ1n) is 17.0. The summed E-state index contributed by atoms with van der Waals surface area (Å²) in [7, 11) is -4.00. The Morgan fingerprint density at radius 3 is 2.43 bits per heavy atom. The van der Waals surface area contributed by atoms with Gasteiger partial charge >= 0.3 is 5.97 Å². The van der Waals surface area contributed by atoms with Crippen LogP contribution in [0.15, 0.2) is 71.3 Å². The summed E-state index contributed by atoms with van der Waals surface area (Å²) in [5.41, 5.74) is 6.44. The number of esters is 1. The number of pyridine rings is 1. The van der Waals surface area contributed by atoms with Crippen molar-refractivity contribution in [3.8, 4) is 22.0 Å². The molecule has 4 N–H and O–H groups in total. The van der Waals surface area contributed by atoms with Gasteiger partial charge in [0.05, 0.1) is 28.9 Å². The van der Waals surface area contributed by atoms with Crippen LogP contribution in [-0.4, -0.2) is 73.1 Å². The number of nitrogens with one attached hydrogen (secondary N) is 1. The Morgan fingerprint density at radius 1 is 1.06 bits per heavy atom. The van der Waals surface area contributed by atoms with E-state index >= 15 is 0 Å². The van der Waals surface area contributed by atoms with E-state index in [1.807, 2.05) is 20.8 Å². The molecule has 1 amide bonds. The van der Waals surface area contributed by atoms with Crippen molar-refractivity contribution >= 4 is 39.0 Å². The van der Waals surface area contributed by atoms with Crippen molar-refractivity contribution in [1.82, 2.24) is 29.5 Å². The maximum atomic E-state index is 14.8. The number of carbonyl (C=O) groups excluding carboxylic acids is 2. The van der Waals surface area contributed by atoms with Gasteiger partial charge in [0.15, 0.2) is 12.5 Å². The van der Waals surface area contributed by atoms with Crippen molar-refractivity contribution in [2.24, 2.45) is 11.7 Å². The van der Waals surface area contributed by atoms with E-state index in [2.05, 4.69) is 25.5 Å². The van der Waals surface area contributed by atoms with E-state index < -0.39 is 39.8 Å². The Balaban J connectivity index is 0.000000486. The third kappa shape index (κ3) is 10.4. The van der Waals surface area contributed by atoms with E-state index in [1.54, 1.807) is 40.7 Å². The van der Waals surface area contributed by atoms with E-state index in [0.717, 1.165) is 37.8 Å². The molecular formula is C35H40F2N8O7S2. The molecule has 19 heteroatoms. The fourth-order valence-corrected chi connectivity index (χ4v) is 6.75. The number of aromatic nitrogens is 6. The minimum absolute atomic E-state index is 0.00414. The molecule has 0 bridgehead atoms. The van der Waals surface area contributed by atoms with Crippen LogP contribution >= 0.6 is 11.3 Å². The number of thiazole rings is 1. The number of ether oxygens (including phenoxy) is 2. The molecule has 54 heavy (non-hydrogen) atoms. The molecule has 4 heterocycles. The molecule has 6 rings (SSSR count). The van der Waals surface area contributed by atoms with Gasteiger partial charge in [0.1, 0.15) is 28.1 Å². The highest BCUT2D eigenvalue weighted by Crippen LogP contribution is 2.35. The molecule has 1 fully saturated rings. The van der Waals surface area contributed by atoms with Gasteiger partial charge in [-0.1, -0.05) is 32.0 Å². The summed E-state index contributed by atoms with van der Waals surface area (Å²) in [6, 6.07) is 8.58. The van der Waals surface area contributed by atoms with Crippen LogP contribution in [0.1, 0.15) is 63.0 Å². The fraction of sp³-hybridized carbons (Fsp3) is 0.371. The fourth-order valence-electron chi connectivity index (χ4n) is 5.47. The zero-order valence-electron chi connectivity index (χ0n) is 29.6. The summed E-state index contributed by atoms with van der Waals surface area (Å²) >= 11 is 1.22. The second-order valence-electron chi connectivity index (χ2n) is 12.6. The lowest BCUT2D eigenvalue weighted by molar-refractivity contribution is -0.150. The molecule has 0 saturated heterocycles. The van der Waals surface area contributed by atoms with Gasteiger partial charge in [0.2, 0.25) is 5.95 Å². The first kappa shape index (κ1) is 40.2. The zero-order valence-corrected chi connectivity index (χ0v) is 31.3. The molecule has 0 radical (unpaired) electrons. The van der Waals surface area contributed by atoms with Gasteiger partial charge < -0.3 is 20.5 Å². The predicted molar refractivity (Wildman–Crippen MR) is 195 cm³/mol. The molecule has 1 aliphatic rings. The molecule has 5 aromatic rings. The molecular weight excluding hydrogens is 747 g/mol. The number of benzene rings is 1. The summed E-state index contributed by atoms with van der Waals surface area (Å²) < 4.78 is 72.1. The molecule has 1 saturated carbocycles. The molecule has 1 aromatic carbocycles. The lowest BCUT2D eigenvalue weighted by Crippen LogP contribution is -2.37. The van der Waals surface area contributed by atoms with Crippen LogP contribution in [0.3, 0.4) is 0 Å². The highest BCUT2D eigenvalue weighted by atomic mass is 32.2. The van der Waals surface area contributed by atoms with Crippen LogP contribution in [0.5, 0.6) is 0 Å². The SMILES string of the molecule is CCOC1CCC(n2cc(NC(=O)c3csc(-c4cnn(COC(=O)[C@@H](N)C(C)C)c4)n3)c(-c3nc(F)ccc3F)n2)CC1.O=S(=O)(O)c1ccccc1. The molecule has 1 aliphatic carbocycles. The summed E-state index contributed by atoms with van der Waals surface area (Å²) in [6.07, 6.45) is 8.22. The van der Waals surface area contributed by atoms with Crippen LogP contribution in [0.25, 0.3) is 22.0 Å². The minimum Gasteiger partial charge on any atom is -0.441 e. The van der Waals surface area contributed by atoms with Gasteiger partial charge in [-0.05, 0) is 62.8 Å². The van der Waals surface area contributed by atoms with E-state index in [-0.39, 0.29) is 52.5 Å². The van der Waals surface area contributed by atoms with Gasteiger partial charge in [-0.2, -0.15) is 23.0 Å². The lowest BCUT2D eigenvalue weighted by atomic mass is 9.93. The van der Waals surface area contributed by atoms with Gasteiger partial charge in [0.25, 0.3) is 16.0 Å². The predicted octanol–water partition coefficient (Wildman–Crippen LogP) is 5.73. The molecule has 0 unspecified atom stereocenters. The van der Waals surface area contributed by atoms with Gasteiger partial charge in [-0.15, -0.1) is 11.3 Å². The number of hydrogen-bond donors (Lipinski definition) is 3. The third-order valence-corrected chi connectivity index (χ3v) is 10.2. The second-order valence-corrected chi connectivity index (χ2v) is 14.9. The molecule has 15 nitrogen and oxygen atoms in total. The number of carbonyl (C=O) groups is 2. The minimum atomic E-state index is -4.00. The normalized spacial score (nSPS) is 16.4. The number of nitrogens with zero attached hydrogens (tertiary/aromatic N) is 6. The van der Waals surface area contributed by atoms with E-state index in [4.69, 9.17) is 19.8 Å².